The lowest BCUT2D eigenvalue weighted by molar-refractivity contribution is 0.0691. The number of aromatic nitrogens is 2. The third kappa shape index (κ3) is 7.00. The Kier molecular flexibility index (Phi) is 7.95. The first-order valence-corrected chi connectivity index (χ1v) is 6.57. The van der Waals surface area contributed by atoms with Crippen LogP contribution in [0.3, 0.4) is 0 Å². The smallest absolute Gasteiger partial charge is 0.144 e. The number of hydrogen-bond donors (Lipinski definition) is 2. The fraction of sp³-hybridized carbons (Fsp3) is 0.583. The molecule has 1 rings (SSSR count). The summed E-state index contributed by atoms with van der Waals surface area (Å²) < 4.78 is 10.2. The number of nitrogens with two attached hydrogens (primary N) is 1. The van der Waals surface area contributed by atoms with Crippen LogP contribution in [-0.2, 0) is 9.47 Å². The fourth-order valence-electron chi connectivity index (χ4n) is 1.34. The molecule has 1 aromatic heterocycles. The van der Waals surface area contributed by atoms with Gasteiger partial charge in [0.25, 0.3) is 0 Å². The summed E-state index contributed by atoms with van der Waals surface area (Å²) in [6.45, 7) is 2.87. The summed E-state index contributed by atoms with van der Waals surface area (Å²) >= 11 is 4.80. The van der Waals surface area contributed by atoms with Crippen LogP contribution in [0.4, 0.5) is 5.82 Å². The first-order chi connectivity index (χ1) is 9.24. The van der Waals surface area contributed by atoms with E-state index in [1.54, 1.807) is 19.5 Å². The van der Waals surface area contributed by atoms with Gasteiger partial charge in [0.1, 0.15) is 16.5 Å². The van der Waals surface area contributed by atoms with Crippen LogP contribution in [0, 0.1) is 0 Å². The zero-order valence-electron chi connectivity index (χ0n) is 11.1. The lowest BCUT2D eigenvalue weighted by atomic mass is 10.3. The van der Waals surface area contributed by atoms with Crippen molar-refractivity contribution in [3.8, 4) is 0 Å². The highest BCUT2D eigenvalue weighted by atomic mass is 32.1. The number of methoxy groups -OCH3 is 1. The number of hydrogen-bond acceptors (Lipinski definition) is 6. The molecule has 0 aromatic carbocycles. The van der Waals surface area contributed by atoms with Gasteiger partial charge in [0.05, 0.1) is 25.6 Å². The van der Waals surface area contributed by atoms with E-state index >= 15 is 0 Å². The maximum atomic E-state index is 5.44. The average molecular weight is 284 g/mol. The number of unbranched alkanes of at least 4 members (excludes halogenated alkanes) is 1. The molecule has 0 aliphatic carbocycles. The summed E-state index contributed by atoms with van der Waals surface area (Å²) in [5, 5.41) is 3.17. The zero-order valence-corrected chi connectivity index (χ0v) is 11.9. The molecule has 106 valence electrons. The minimum atomic E-state index is 0.257. The summed E-state index contributed by atoms with van der Waals surface area (Å²) in [7, 11) is 1.66. The van der Waals surface area contributed by atoms with Crippen molar-refractivity contribution in [1.29, 1.82) is 0 Å². The second kappa shape index (κ2) is 9.60. The third-order valence-corrected chi connectivity index (χ3v) is 2.57. The molecule has 0 spiro atoms. The van der Waals surface area contributed by atoms with Gasteiger partial charge in [-0.15, -0.1) is 0 Å². The topological polar surface area (TPSA) is 82.3 Å². The van der Waals surface area contributed by atoms with Crippen LogP contribution in [0.15, 0.2) is 12.4 Å². The Labute approximate surface area is 118 Å². The van der Waals surface area contributed by atoms with Gasteiger partial charge in [-0.05, 0) is 12.8 Å². The number of nitrogens with zero attached hydrogens (tertiary/aromatic N) is 2. The minimum Gasteiger partial charge on any atom is -0.388 e. The largest absolute Gasteiger partial charge is 0.388 e. The van der Waals surface area contributed by atoms with Crippen LogP contribution in [0.5, 0.6) is 0 Å². The van der Waals surface area contributed by atoms with E-state index in [1.165, 1.54) is 0 Å². The van der Waals surface area contributed by atoms with Crippen molar-refractivity contribution < 1.29 is 9.47 Å². The molecule has 0 aliphatic rings. The lowest BCUT2D eigenvalue weighted by Gasteiger charge is -2.06. The molecule has 19 heavy (non-hydrogen) atoms. The highest BCUT2D eigenvalue weighted by Gasteiger charge is 1.99. The molecule has 0 radical (unpaired) electrons. The Morgan fingerprint density at radius 2 is 2.11 bits per heavy atom. The standard InChI is InChI=1S/C12H20N4O2S/c1-17-6-7-18-5-3-2-4-14-11-9-15-10(8-16-11)12(13)19/h8-9H,2-7H2,1H3,(H2,13,19)(H,14,16). The van der Waals surface area contributed by atoms with E-state index in [0.717, 1.165) is 31.8 Å². The van der Waals surface area contributed by atoms with Crippen LogP contribution >= 0.6 is 12.2 Å². The maximum absolute atomic E-state index is 5.44. The predicted octanol–water partition coefficient (Wildman–Crippen LogP) is 0.966. The average Bonchev–Trinajstić information content (AvgIpc) is 2.42. The van der Waals surface area contributed by atoms with Gasteiger partial charge in [-0.2, -0.15) is 0 Å². The van der Waals surface area contributed by atoms with E-state index in [-0.39, 0.29) is 4.99 Å². The zero-order chi connectivity index (χ0) is 13.9. The third-order valence-electron chi connectivity index (χ3n) is 2.36. The monoisotopic (exact) mass is 284 g/mol. The van der Waals surface area contributed by atoms with E-state index in [1.807, 2.05) is 0 Å². The van der Waals surface area contributed by atoms with Crippen molar-refractivity contribution in [1.82, 2.24) is 9.97 Å². The van der Waals surface area contributed by atoms with E-state index in [2.05, 4.69) is 15.3 Å². The summed E-state index contributed by atoms with van der Waals surface area (Å²) in [6.07, 6.45) is 5.20. The lowest BCUT2D eigenvalue weighted by Crippen LogP contribution is -2.13. The van der Waals surface area contributed by atoms with Crippen LogP contribution in [-0.4, -0.2) is 48.4 Å². The van der Waals surface area contributed by atoms with Crippen molar-refractivity contribution >= 4 is 23.0 Å². The molecule has 0 atom stereocenters. The van der Waals surface area contributed by atoms with Crippen LogP contribution in [0.25, 0.3) is 0 Å². The molecule has 0 fully saturated rings. The molecule has 3 N–H and O–H groups in total. The molecular formula is C12H20N4O2S. The predicted molar refractivity (Wildman–Crippen MR) is 78.3 cm³/mol. The molecule has 0 saturated carbocycles. The molecule has 0 saturated heterocycles. The van der Waals surface area contributed by atoms with Gasteiger partial charge >= 0.3 is 0 Å². The van der Waals surface area contributed by atoms with Crippen molar-refractivity contribution in [3.05, 3.63) is 18.1 Å². The van der Waals surface area contributed by atoms with E-state index in [9.17, 15) is 0 Å². The first-order valence-electron chi connectivity index (χ1n) is 6.16. The molecule has 0 aliphatic heterocycles. The van der Waals surface area contributed by atoms with Crippen LogP contribution < -0.4 is 11.1 Å². The van der Waals surface area contributed by atoms with Gasteiger partial charge < -0.3 is 20.5 Å². The number of thiocarbonyl (C=S) groups is 1. The molecule has 1 aromatic rings. The van der Waals surface area contributed by atoms with Gasteiger partial charge in [-0.25, -0.2) is 9.97 Å². The van der Waals surface area contributed by atoms with Gasteiger partial charge in [-0.1, -0.05) is 12.2 Å². The maximum Gasteiger partial charge on any atom is 0.144 e. The Morgan fingerprint density at radius 1 is 1.26 bits per heavy atom. The van der Waals surface area contributed by atoms with Crippen molar-refractivity contribution in [2.24, 2.45) is 5.73 Å². The van der Waals surface area contributed by atoms with Crippen LogP contribution in [0.2, 0.25) is 0 Å². The Balaban J connectivity index is 2.07. The second-order valence-electron chi connectivity index (χ2n) is 3.89. The summed E-state index contributed by atoms with van der Waals surface area (Å²) in [6, 6.07) is 0. The summed E-state index contributed by atoms with van der Waals surface area (Å²) in [5.74, 6) is 0.723. The van der Waals surface area contributed by atoms with Crippen molar-refractivity contribution in [3.63, 3.8) is 0 Å². The minimum absolute atomic E-state index is 0.257. The van der Waals surface area contributed by atoms with E-state index in [0.29, 0.717) is 18.9 Å². The number of anilines is 1. The number of ether oxygens (including phenoxy) is 2. The van der Waals surface area contributed by atoms with Gasteiger partial charge in [-0.3, -0.25) is 0 Å². The molecular weight excluding hydrogens is 264 g/mol. The van der Waals surface area contributed by atoms with Gasteiger partial charge in [0.15, 0.2) is 0 Å². The second-order valence-corrected chi connectivity index (χ2v) is 4.33. The normalized spacial score (nSPS) is 10.4. The molecule has 1 heterocycles. The molecule has 0 amide bonds. The van der Waals surface area contributed by atoms with Crippen LogP contribution in [0.1, 0.15) is 18.5 Å². The Hall–Kier alpha value is -1.31. The van der Waals surface area contributed by atoms with Crippen molar-refractivity contribution in [2.75, 3.05) is 38.8 Å². The Morgan fingerprint density at radius 3 is 2.74 bits per heavy atom. The quantitative estimate of drug-likeness (QED) is 0.489. The molecule has 7 heteroatoms. The van der Waals surface area contributed by atoms with Gasteiger partial charge in [0.2, 0.25) is 0 Å². The highest BCUT2D eigenvalue weighted by molar-refractivity contribution is 7.80. The van der Waals surface area contributed by atoms with E-state index in [4.69, 9.17) is 27.4 Å². The van der Waals surface area contributed by atoms with Gasteiger partial charge in [0, 0.05) is 20.3 Å². The number of nitrogens with one attached hydrogen (secondary N) is 1. The number of rotatable bonds is 10. The highest BCUT2D eigenvalue weighted by Crippen LogP contribution is 2.01. The summed E-state index contributed by atoms with van der Waals surface area (Å²) in [4.78, 5) is 8.52. The van der Waals surface area contributed by atoms with E-state index < -0.39 is 0 Å². The fourth-order valence-corrected chi connectivity index (χ4v) is 1.44. The molecule has 6 nitrogen and oxygen atoms in total. The first kappa shape index (κ1) is 15.7. The molecule has 0 unspecified atom stereocenters. The molecule has 0 bridgehead atoms. The summed E-state index contributed by atoms with van der Waals surface area (Å²) in [5.41, 5.74) is 5.97. The SMILES string of the molecule is COCCOCCCCNc1cnc(C(N)=S)cn1. The Bertz CT molecular complexity index is 372. The van der Waals surface area contributed by atoms with Crippen molar-refractivity contribution in [2.45, 2.75) is 12.8 Å².